The van der Waals surface area contributed by atoms with Gasteiger partial charge in [-0.2, -0.15) is 0 Å². The van der Waals surface area contributed by atoms with Crippen molar-refractivity contribution in [2.24, 2.45) is 23.5 Å². The third-order valence-corrected chi connectivity index (χ3v) is 5.19. The summed E-state index contributed by atoms with van der Waals surface area (Å²) in [5.41, 5.74) is 5.90. The van der Waals surface area contributed by atoms with Crippen molar-refractivity contribution in [3.05, 3.63) is 0 Å². The van der Waals surface area contributed by atoms with E-state index in [0.717, 1.165) is 51.6 Å². The van der Waals surface area contributed by atoms with Gasteiger partial charge in [-0.05, 0) is 50.4 Å². The van der Waals surface area contributed by atoms with Crippen molar-refractivity contribution in [3.8, 4) is 0 Å². The zero-order chi connectivity index (χ0) is 15.4. The smallest absolute Gasteiger partial charge is 0.303 e. The Morgan fingerprint density at radius 1 is 1.24 bits per heavy atom. The first-order valence-electron chi connectivity index (χ1n) is 8.23. The molecule has 1 saturated heterocycles. The summed E-state index contributed by atoms with van der Waals surface area (Å²) in [6.07, 6.45) is 5.94. The van der Waals surface area contributed by atoms with Gasteiger partial charge in [0.15, 0.2) is 0 Å². The van der Waals surface area contributed by atoms with E-state index in [1.165, 1.54) is 0 Å². The van der Waals surface area contributed by atoms with Crippen LogP contribution >= 0.6 is 0 Å². The molecular formula is C16H28N2O3. The van der Waals surface area contributed by atoms with Gasteiger partial charge in [-0.15, -0.1) is 0 Å². The van der Waals surface area contributed by atoms with Crippen LogP contribution in [0.1, 0.15) is 51.9 Å². The molecule has 1 heterocycles. The van der Waals surface area contributed by atoms with E-state index in [-0.39, 0.29) is 30.2 Å². The van der Waals surface area contributed by atoms with E-state index in [4.69, 9.17) is 10.8 Å². The van der Waals surface area contributed by atoms with Gasteiger partial charge in [-0.1, -0.05) is 6.92 Å². The SMILES string of the molecule is CC(CC(=O)O)C1CCCN(C(=O)C2CCC(N)CC2)C1. The standard InChI is InChI=1S/C16H28N2O3/c1-11(9-15(19)20)13-3-2-8-18(10-13)16(21)12-4-6-14(17)7-5-12/h11-14H,2-10,17H2,1H3,(H,19,20). The molecule has 0 aromatic heterocycles. The van der Waals surface area contributed by atoms with Gasteiger partial charge < -0.3 is 15.7 Å². The Balaban J connectivity index is 1.88. The Morgan fingerprint density at radius 2 is 1.90 bits per heavy atom. The molecule has 120 valence electrons. The molecule has 5 heteroatoms. The quantitative estimate of drug-likeness (QED) is 0.829. The molecule has 0 spiro atoms. The van der Waals surface area contributed by atoms with Gasteiger partial charge in [0.25, 0.3) is 0 Å². The minimum absolute atomic E-state index is 0.137. The highest BCUT2D eigenvalue weighted by Gasteiger charge is 2.33. The Bertz CT molecular complexity index is 378. The van der Waals surface area contributed by atoms with E-state index in [1.54, 1.807) is 0 Å². The van der Waals surface area contributed by atoms with Crippen LogP contribution in [-0.4, -0.2) is 41.0 Å². The van der Waals surface area contributed by atoms with Crippen LogP contribution in [-0.2, 0) is 9.59 Å². The second-order valence-electron chi connectivity index (χ2n) is 6.87. The maximum atomic E-state index is 12.6. The number of amides is 1. The first-order valence-corrected chi connectivity index (χ1v) is 8.23. The van der Waals surface area contributed by atoms with Crippen molar-refractivity contribution < 1.29 is 14.7 Å². The summed E-state index contributed by atoms with van der Waals surface area (Å²) in [7, 11) is 0. The fraction of sp³-hybridized carbons (Fsp3) is 0.875. The molecule has 2 aliphatic rings. The van der Waals surface area contributed by atoms with E-state index in [9.17, 15) is 9.59 Å². The lowest BCUT2D eigenvalue weighted by Crippen LogP contribution is -2.45. The number of hydrogen-bond donors (Lipinski definition) is 2. The van der Waals surface area contributed by atoms with Gasteiger partial charge in [0.2, 0.25) is 5.91 Å². The summed E-state index contributed by atoms with van der Waals surface area (Å²) in [5.74, 6) is 0.127. The molecule has 0 aromatic carbocycles. The highest BCUT2D eigenvalue weighted by atomic mass is 16.4. The van der Waals surface area contributed by atoms with Crippen molar-refractivity contribution in [1.82, 2.24) is 4.90 Å². The van der Waals surface area contributed by atoms with Gasteiger partial charge >= 0.3 is 5.97 Å². The molecule has 0 radical (unpaired) electrons. The zero-order valence-electron chi connectivity index (χ0n) is 13.0. The van der Waals surface area contributed by atoms with Crippen molar-refractivity contribution in [2.45, 2.75) is 57.9 Å². The van der Waals surface area contributed by atoms with E-state index in [1.807, 2.05) is 11.8 Å². The van der Waals surface area contributed by atoms with Crippen LogP contribution in [0.5, 0.6) is 0 Å². The third-order valence-electron chi connectivity index (χ3n) is 5.19. The van der Waals surface area contributed by atoms with Crippen LogP contribution in [0.15, 0.2) is 0 Å². The monoisotopic (exact) mass is 296 g/mol. The first kappa shape index (κ1) is 16.3. The second-order valence-corrected chi connectivity index (χ2v) is 6.87. The molecule has 2 atom stereocenters. The summed E-state index contributed by atoms with van der Waals surface area (Å²) >= 11 is 0. The predicted octanol–water partition coefficient (Wildman–Crippen LogP) is 1.85. The largest absolute Gasteiger partial charge is 0.481 e. The normalized spacial score (nSPS) is 31.7. The number of nitrogens with two attached hydrogens (primary N) is 1. The molecule has 0 bridgehead atoms. The van der Waals surface area contributed by atoms with Crippen molar-refractivity contribution in [2.75, 3.05) is 13.1 Å². The fourth-order valence-corrected chi connectivity index (χ4v) is 3.74. The summed E-state index contributed by atoms with van der Waals surface area (Å²) < 4.78 is 0. The molecule has 1 aliphatic heterocycles. The number of carbonyl (C=O) groups is 2. The van der Waals surface area contributed by atoms with Crippen LogP contribution < -0.4 is 5.73 Å². The molecule has 1 saturated carbocycles. The number of carbonyl (C=O) groups excluding carboxylic acids is 1. The number of nitrogens with zero attached hydrogens (tertiary/aromatic N) is 1. The highest BCUT2D eigenvalue weighted by Crippen LogP contribution is 2.30. The minimum atomic E-state index is -0.743. The lowest BCUT2D eigenvalue weighted by atomic mass is 9.82. The van der Waals surface area contributed by atoms with Crippen LogP contribution in [0.3, 0.4) is 0 Å². The van der Waals surface area contributed by atoms with Crippen molar-refractivity contribution in [1.29, 1.82) is 0 Å². The van der Waals surface area contributed by atoms with Crippen molar-refractivity contribution in [3.63, 3.8) is 0 Å². The van der Waals surface area contributed by atoms with Crippen LogP contribution in [0, 0.1) is 17.8 Å². The molecule has 1 amide bonds. The lowest BCUT2D eigenvalue weighted by molar-refractivity contribution is -0.140. The number of carboxylic acid groups (broad SMARTS) is 1. The topological polar surface area (TPSA) is 83.6 Å². The molecule has 1 aliphatic carbocycles. The van der Waals surface area contributed by atoms with E-state index < -0.39 is 5.97 Å². The van der Waals surface area contributed by atoms with Gasteiger partial charge in [-0.25, -0.2) is 0 Å². The van der Waals surface area contributed by atoms with E-state index >= 15 is 0 Å². The Kier molecular flexibility index (Phi) is 5.62. The summed E-state index contributed by atoms with van der Waals surface area (Å²) in [6.45, 7) is 3.56. The number of hydrogen-bond acceptors (Lipinski definition) is 3. The molecule has 2 rings (SSSR count). The zero-order valence-corrected chi connectivity index (χ0v) is 13.0. The molecule has 5 nitrogen and oxygen atoms in total. The number of aliphatic carboxylic acids is 1. The second kappa shape index (κ2) is 7.25. The van der Waals surface area contributed by atoms with Crippen LogP contribution in [0.4, 0.5) is 0 Å². The molecule has 2 fully saturated rings. The average molecular weight is 296 g/mol. The van der Waals surface area contributed by atoms with Gasteiger partial charge in [0.05, 0.1) is 0 Å². The molecule has 3 N–H and O–H groups in total. The summed E-state index contributed by atoms with van der Waals surface area (Å²) in [6, 6.07) is 0.263. The Hall–Kier alpha value is -1.10. The van der Waals surface area contributed by atoms with E-state index in [2.05, 4.69) is 0 Å². The summed E-state index contributed by atoms with van der Waals surface area (Å²) in [5, 5.41) is 8.93. The fourth-order valence-electron chi connectivity index (χ4n) is 3.74. The maximum Gasteiger partial charge on any atom is 0.303 e. The Labute approximate surface area is 126 Å². The lowest BCUT2D eigenvalue weighted by Gasteiger charge is -2.38. The highest BCUT2D eigenvalue weighted by molar-refractivity contribution is 5.79. The number of likely N-dealkylation sites (tertiary alicyclic amines) is 1. The molecule has 2 unspecified atom stereocenters. The minimum Gasteiger partial charge on any atom is -0.481 e. The maximum absolute atomic E-state index is 12.6. The Morgan fingerprint density at radius 3 is 2.52 bits per heavy atom. The number of carboxylic acids is 1. The molecular weight excluding hydrogens is 268 g/mol. The average Bonchev–Trinajstić information content (AvgIpc) is 2.47. The first-order chi connectivity index (χ1) is 9.97. The van der Waals surface area contributed by atoms with Gasteiger partial charge in [0.1, 0.15) is 0 Å². The molecule has 21 heavy (non-hydrogen) atoms. The van der Waals surface area contributed by atoms with Crippen LogP contribution in [0.25, 0.3) is 0 Å². The van der Waals surface area contributed by atoms with Gasteiger partial charge in [0, 0.05) is 31.5 Å². The van der Waals surface area contributed by atoms with Crippen molar-refractivity contribution >= 4 is 11.9 Å². The van der Waals surface area contributed by atoms with E-state index in [0.29, 0.717) is 5.92 Å². The third kappa shape index (κ3) is 4.43. The van der Waals surface area contributed by atoms with Gasteiger partial charge in [-0.3, -0.25) is 9.59 Å². The molecule has 0 aromatic rings. The summed E-state index contributed by atoms with van der Waals surface area (Å²) in [4.78, 5) is 25.5. The number of piperidine rings is 1. The van der Waals surface area contributed by atoms with Crippen LogP contribution in [0.2, 0.25) is 0 Å². The predicted molar refractivity (Wildman–Crippen MR) is 80.7 cm³/mol. The number of rotatable bonds is 4.